The van der Waals surface area contributed by atoms with Crippen LogP contribution in [-0.2, 0) is 9.59 Å². The summed E-state index contributed by atoms with van der Waals surface area (Å²) in [4.78, 5) is 37.9. The summed E-state index contributed by atoms with van der Waals surface area (Å²) in [6.45, 7) is 1.90. The molecule has 0 saturated carbocycles. The SMILES string of the molecule is Cc1ccc(N2C(=O)C(=O)/C(=C(/O)c3ccc(Cl)cc3)C2c2ccc([N+](=O)[O-])cc2)cc1. The van der Waals surface area contributed by atoms with Crippen molar-refractivity contribution in [3.05, 3.63) is 110 Å². The van der Waals surface area contributed by atoms with E-state index in [1.807, 2.05) is 6.92 Å². The topological polar surface area (TPSA) is 101 Å². The van der Waals surface area contributed by atoms with Crippen LogP contribution in [0.1, 0.15) is 22.7 Å². The number of hydrogen-bond donors (Lipinski definition) is 1. The first-order valence-corrected chi connectivity index (χ1v) is 10.0. The van der Waals surface area contributed by atoms with Gasteiger partial charge in [-0.2, -0.15) is 0 Å². The number of rotatable bonds is 4. The smallest absolute Gasteiger partial charge is 0.300 e. The Morgan fingerprint density at radius 2 is 1.56 bits per heavy atom. The van der Waals surface area contributed by atoms with Crippen LogP contribution >= 0.6 is 11.6 Å². The number of aliphatic hydroxyl groups is 1. The quantitative estimate of drug-likeness (QED) is 0.195. The highest BCUT2D eigenvalue weighted by Gasteiger charge is 2.47. The molecule has 160 valence electrons. The fraction of sp³-hybridized carbons (Fsp3) is 0.0833. The number of aryl methyl sites for hydroxylation is 1. The molecule has 1 fully saturated rings. The van der Waals surface area contributed by atoms with Crippen LogP contribution < -0.4 is 4.90 Å². The maximum absolute atomic E-state index is 13.1. The maximum atomic E-state index is 13.1. The lowest BCUT2D eigenvalue weighted by atomic mass is 9.95. The van der Waals surface area contributed by atoms with Crippen molar-refractivity contribution in [2.24, 2.45) is 0 Å². The predicted molar refractivity (Wildman–Crippen MR) is 121 cm³/mol. The molecule has 1 unspecified atom stereocenters. The van der Waals surface area contributed by atoms with Crippen molar-refractivity contribution in [1.82, 2.24) is 0 Å². The summed E-state index contributed by atoms with van der Waals surface area (Å²) in [5.74, 6) is -1.99. The van der Waals surface area contributed by atoms with Crippen molar-refractivity contribution in [2.45, 2.75) is 13.0 Å². The van der Waals surface area contributed by atoms with Crippen LogP contribution in [0, 0.1) is 17.0 Å². The molecule has 4 rings (SSSR count). The first-order valence-electron chi connectivity index (χ1n) is 9.66. The monoisotopic (exact) mass is 448 g/mol. The number of nitro benzene ring substituents is 1. The van der Waals surface area contributed by atoms with Crippen molar-refractivity contribution in [3.8, 4) is 0 Å². The first-order chi connectivity index (χ1) is 15.3. The lowest BCUT2D eigenvalue weighted by Gasteiger charge is -2.25. The molecule has 1 heterocycles. The van der Waals surface area contributed by atoms with Crippen molar-refractivity contribution in [3.63, 3.8) is 0 Å². The number of non-ortho nitro benzene ring substituents is 1. The maximum Gasteiger partial charge on any atom is 0.300 e. The van der Waals surface area contributed by atoms with E-state index in [1.165, 1.54) is 29.2 Å². The minimum Gasteiger partial charge on any atom is -0.507 e. The fourth-order valence-electron chi connectivity index (χ4n) is 3.66. The molecule has 0 spiro atoms. The molecule has 1 atom stereocenters. The van der Waals surface area contributed by atoms with Gasteiger partial charge in [-0.15, -0.1) is 0 Å². The third-order valence-corrected chi connectivity index (χ3v) is 5.55. The molecular weight excluding hydrogens is 432 g/mol. The Morgan fingerprint density at radius 1 is 0.969 bits per heavy atom. The van der Waals surface area contributed by atoms with Gasteiger partial charge in [0.25, 0.3) is 17.4 Å². The Balaban J connectivity index is 1.92. The van der Waals surface area contributed by atoms with Crippen molar-refractivity contribution in [2.75, 3.05) is 4.90 Å². The summed E-state index contributed by atoms with van der Waals surface area (Å²) in [5.41, 5.74) is 1.98. The summed E-state index contributed by atoms with van der Waals surface area (Å²) in [6.07, 6.45) is 0. The highest BCUT2D eigenvalue weighted by molar-refractivity contribution is 6.51. The second-order valence-electron chi connectivity index (χ2n) is 7.36. The number of nitro groups is 1. The zero-order valence-corrected chi connectivity index (χ0v) is 17.6. The van der Waals surface area contributed by atoms with Crippen LogP contribution in [0.4, 0.5) is 11.4 Å². The van der Waals surface area contributed by atoms with E-state index in [1.54, 1.807) is 48.5 Å². The summed E-state index contributed by atoms with van der Waals surface area (Å²) < 4.78 is 0. The number of anilines is 1. The molecule has 8 heteroatoms. The number of nitrogens with zero attached hydrogens (tertiary/aromatic N) is 2. The molecule has 1 aliphatic rings. The standard InChI is InChI=1S/C24H17ClN2O5/c1-14-2-10-18(11-3-14)26-21(15-6-12-19(13-7-15)27(31)32)20(23(29)24(26)30)22(28)16-4-8-17(25)9-5-16/h2-13,21,28H,1H3/b22-20+. The second-order valence-corrected chi connectivity index (χ2v) is 7.80. The Labute approximate surface area is 188 Å². The van der Waals surface area contributed by atoms with Crippen LogP contribution in [0.2, 0.25) is 5.02 Å². The molecule has 1 saturated heterocycles. The summed E-state index contributed by atoms with van der Waals surface area (Å²) in [5, 5.41) is 22.5. The molecule has 0 radical (unpaired) electrons. The lowest BCUT2D eigenvalue weighted by molar-refractivity contribution is -0.384. The highest BCUT2D eigenvalue weighted by Crippen LogP contribution is 2.42. The second kappa shape index (κ2) is 8.28. The Bertz CT molecular complexity index is 1250. The van der Waals surface area contributed by atoms with Gasteiger partial charge in [0.2, 0.25) is 0 Å². The molecule has 1 amide bonds. The Kier molecular flexibility index (Phi) is 5.50. The molecule has 1 N–H and O–H groups in total. The summed E-state index contributed by atoms with van der Waals surface area (Å²) >= 11 is 5.93. The van der Waals surface area contributed by atoms with Gasteiger partial charge in [0.1, 0.15) is 5.76 Å². The zero-order valence-electron chi connectivity index (χ0n) is 16.9. The molecule has 0 aliphatic carbocycles. The number of carbonyl (C=O) groups is 2. The molecule has 3 aromatic carbocycles. The van der Waals surface area contributed by atoms with Gasteiger partial charge in [0, 0.05) is 28.4 Å². The number of aliphatic hydroxyl groups excluding tert-OH is 1. The highest BCUT2D eigenvalue weighted by atomic mass is 35.5. The van der Waals surface area contributed by atoms with Gasteiger partial charge in [0.05, 0.1) is 16.5 Å². The fourth-order valence-corrected chi connectivity index (χ4v) is 3.79. The number of amides is 1. The van der Waals surface area contributed by atoms with Crippen molar-refractivity contribution >= 4 is 40.4 Å². The normalized spacial score (nSPS) is 17.6. The van der Waals surface area contributed by atoms with E-state index in [2.05, 4.69) is 0 Å². The van der Waals surface area contributed by atoms with E-state index in [4.69, 9.17) is 11.6 Å². The van der Waals surface area contributed by atoms with E-state index >= 15 is 0 Å². The van der Waals surface area contributed by atoms with E-state index in [0.717, 1.165) is 5.56 Å². The van der Waals surface area contributed by atoms with Crippen LogP contribution in [0.5, 0.6) is 0 Å². The largest absolute Gasteiger partial charge is 0.507 e. The average molecular weight is 449 g/mol. The third-order valence-electron chi connectivity index (χ3n) is 5.29. The molecular formula is C24H17ClN2O5. The molecule has 3 aromatic rings. The molecule has 1 aliphatic heterocycles. The van der Waals surface area contributed by atoms with Gasteiger partial charge in [-0.05, 0) is 61.0 Å². The van der Waals surface area contributed by atoms with Crippen molar-refractivity contribution in [1.29, 1.82) is 0 Å². The number of hydrogen-bond acceptors (Lipinski definition) is 5. The zero-order chi connectivity index (χ0) is 23.0. The molecule has 32 heavy (non-hydrogen) atoms. The lowest BCUT2D eigenvalue weighted by Crippen LogP contribution is -2.29. The third kappa shape index (κ3) is 3.74. The number of halogens is 1. The van der Waals surface area contributed by atoms with E-state index in [0.29, 0.717) is 21.8 Å². The average Bonchev–Trinajstić information content (AvgIpc) is 3.05. The molecule has 0 aromatic heterocycles. The van der Waals surface area contributed by atoms with Crippen LogP contribution in [0.25, 0.3) is 5.76 Å². The van der Waals surface area contributed by atoms with Crippen molar-refractivity contribution < 1.29 is 19.6 Å². The summed E-state index contributed by atoms with van der Waals surface area (Å²) in [7, 11) is 0. The van der Waals surface area contributed by atoms with E-state index in [9.17, 15) is 24.8 Å². The Hall–Kier alpha value is -3.97. The first kappa shape index (κ1) is 21.3. The number of Topliss-reactive ketones (excluding diaryl/α,β-unsaturated/α-hetero) is 1. The van der Waals surface area contributed by atoms with Gasteiger partial charge in [-0.3, -0.25) is 24.6 Å². The molecule has 7 nitrogen and oxygen atoms in total. The van der Waals surface area contributed by atoms with Gasteiger partial charge in [0.15, 0.2) is 0 Å². The van der Waals surface area contributed by atoms with Gasteiger partial charge in [-0.25, -0.2) is 0 Å². The van der Waals surface area contributed by atoms with Gasteiger partial charge < -0.3 is 5.11 Å². The van der Waals surface area contributed by atoms with Gasteiger partial charge in [-0.1, -0.05) is 29.3 Å². The van der Waals surface area contributed by atoms with E-state index < -0.39 is 22.7 Å². The minimum absolute atomic E-state index is 0.105. The Morgan fingerprint density at radius 3 is 2.12 bits per heavy atom. The summed E-state index contributed by atoms with van der Waals surface area (Å²) in [6, 6.07) is 17.8. The van der Waals surface area contributed by atoms with Gasteiger partial charge >= 0.3 is 0 Å². The van der Waals surface area contributed by atoms with Crippen LogP contribution in [0.15, 0.2) is 78.4 Å². The van der Waals surface area contributed by atoms with Crippen LogP contribution in [0.3, 0.4) is 0 Å². The number of carbonyl (C=O) groups excluding carboxylic acids is 2. The predicted octanol–water partition coefficient (Wildman–Crippen LogP) is 5.18. The molecule has 0 bridgehead atoms. The number of benzene rings is 3. The minimum atomic E-state index is -0.964. The van der Waals surface area contributed by atoms with Crippen LogP contribution in [-0.4, -0.2) is 21.7 Å². The van der Waals surface area contributed by atoms with E-state index in [-0.39, 0.29) is 17.0 Å². The number of ketones is 1.